The van der Waals surface area contributed by atoms with Crippen LogP contribution in [0.1, 0.15) is 65.2 Å². The predicted molar refractivity (Wildman–Crippen MR) is 166 cm³/mol. The van der Waals surface area contributed by atoms with Crippen LogP contribution in [0.3, 0.4) is 0 Å². The summed E-state index contributed by atoms with van der Waals surface area (Å²) in [6, 6.07) is 19.0. The van der Waals surface area contributed by atoms with Crippen molar-refractivity contribution in [3.8, 4) is 5.75 Å². The van der Waals surface area contributed by atoms with Crippen molar-refractivity contribution in [1.29, 1.82) is 0 Å². The van der Waals surface area contributed by atoms with Gasteiger partial charge in [-0.15, -0.1) is 0 Å². The number of halogens is 1. The highest BCUT2D eigenvalue weighted by molar-refractivity contribution is 7.91. The Balaban J connectivity index is 1.69. The first kappa shape index (κ1) is 34.1. The van der Waals surface area contributed by atoms with Crippen molar-refractivity contribution in [2.75, 3.05) is 13.1 Å². The van der Waals surface area contributed by atoms with Gasteiger partial charge in [-0.1, -0.05) is 56.6 Å². The SMILES string of the molecule is CC(C)(C)CC(=O)Oc1ccc(S(=O)(=O)c2ccc(CCN(CC(O)c3cccc(Cl)c3)C(=O)OC(C)(C)C)cc2)cc1. The van der Waals surface area contributed by atoms with E-state index in [1.807, 2.05) is 20.8 Å². The molecule has 1 N–H and O–H groups in total. The van der Waals surface area contributed by atoms with Crippen molar-refractivity contribution in [2.45, 2.75) is 75.9 Å². The number of hydrogen-bond acceptors (Lipinski definition) is 7. The number of esters is 1. The van der Waals surface area contributed by atoms with Crippen LogP contribution in [-0.4, -0.2) is 49.2 Å². The lowest BCUT2D eigenvalue weighted by Crippen LogP contribution is -2.40. The van der Waals surface area contributed by atoms with Gasteiger partial charge in [-0.2, -0.15) is 0 Å². The second kappa shape index (κ2) is 13.9. The van der Waals surface area contributed by atoms with E-state index in [-0.39, 0.29) is 46.4 Å². The molecule has 3 aromatic rings. The maximum Gasteiger partial charge on any atom is 0.410 e. The number of carbonyl (C=O) groups excluding carboxylic acids is 2. The molecule has 0 saturated heterocycles. The van der Waals surface area contributed by atoms with Gasteiger partial charge in [-0.3, -0.25) is 4.79 Å². The summed E-state index contributed by atoms with van der Waals surface area (Å²) >= 11 is 6.07. The minimum Gasteiger partial charge on any atom is -0.444 e. The van der Waals surface area contributed by atoms with E-state index < -0.39 is 27.6 Å². The average molecular weight is 630 g/mol. The highest BCUT2D eigenvalue weighted by Gasteiger charge is 2.25. The summed E-state index contributed by atoms with van der Waals surface area (Å²) in [5.41, 5.74) is 0.426. The second-order valence-electron chi connectivity index (χ2n) is 12.6. The van der Waals surface area contributed by atoms with Crippen LogP contribution in [0.15, 0.2) is 82.6 Å². The van der Waals surface area contributed by atoms with Crippen LogP contribution in [0.25, 0.3) is 0 Å². The quantitative estimate of drug-likeness (QED) is 0.189. The van der Waals surface area contributed by atoms with Gasteiger partial charge in [0, 0.05) is 11.6 Å². The van der Waals surface area contributed by atoms with Crippen LogP contribution in [0.5, 0.6) is 5.75 Å². The molecule has 0 aromatic heterocycles. The van der Waals surface area contributed by atoms with Gasteiger partial charge in [-0.05, 0) is 92.3 Å². The lowest BCUT2D eigenvalue weighted by Gasteiger charge is -2.29. The van der Waals surface area contributed by atoms with Crippen molar-refractivity contribution < 1.29 is 32.6 Å². The molecule has 8 nitrogen and oxygen atoms in total. The van der Waals surface area contributed by atoms with Gasteiger partial charge in [0.1, 0.15) is 11.4 Å². The molecule has 10 heteroatoms. The first-order valence-corrected chi connectivity index (χ1v) is 15.9. The van der Waals surface area contributed by atoms with E-state index in [9.17, 15) is 23.1 Å². The van der Waals surface area contributed by atoms with Crippen molar-refractivity contribution in [3.63, 3.8) is 0 Å². The predicted octanol–water partition coefficient (Wildman–Crippen LogP) is 7.03. The summed E-state index contributed by atoms with van der Waals surface area (Å²) in [4.78, 5) is 26.7. The molecule has 0 bridgehead atoms. The molecule has 1 atom stereocenters. The zero-order valence-electron chi connectivity index (χ0n) is 25.5. The lowest BCUT2D eigenvalue weighted by molar-refractivity contribution is -0.136. The summed E-state index contributed by atoms with van der Waals surface area (Å²) in [7, 11) is -3.81. The summed E-state index contributed by atoms with van der Waals surface area (Å²) in [6.45, 7) is 11.3. The third-order valence-corrected chi connectivity index (χ3v) is 8.24. The van der Waals surface area contributed by atoms with Gasteiger partial charge < -0.3 is 19.5 Å². The zero-order chi connectivity index (χ0) is 32.0. The van der Waals surface area contributed by atoms with E-state index in [1.54, 1.807) is 57.2 Å². The Kier molecular flexibility index (Phi) is 11.0. The van der Waals surface area contributed by atoms with Gasteiger partial charge in [0.2, 0.25) is 9.84 Å². The Morgan fingerprint density at radius 2 is 1.49 bits per heavy atom. The molecule has 3 aromatic carbocycles. The van der Waals surface area contributed by atoms with Crippen LogP contribution in [-0.2, 0) is 25.8 Å². The van der Waals surface area contributed by atoms with Crippen LogP contribution in [0.4, 0.5) is 4.79 Å². The van der Waals surface area contributed by atoms with Gasteiger partial charge in [0.25, 0.3) is 0 Å². The molecular formula is C33H40ClNO7S. The Labute approximate surface area is 259 Å². The molecule has 0 heterocycles. The van der Waals surface area contributed by atoms with E-state index >= 15 is 0 Å². The molecule has 0 aliphatic rings. The zero-order valence-corrected chi connectivity index (χ0v) is 27.0. The first-order valence-electron chi connectivity index (χ1n) is 14.0. The molecule has 3 rings (SSSR count). The monoisotopic (exact) mass is 629 g/mol. The molecule has 0 aliphatic carbocycles. The van der Waals surface area contributed by atoms with Gasteiger partial charge in [0.15, 0.2) is 0 Å². The number of aliphatic hydroxyl groups excluding tert-OH is 1. The fourth-order valence-corrected chi connectivity index (χ4v) is 5.59. The number of benzene rings is 3. The number of ether oxygens (including phenoxy) is 2. The van der Waals surface area contributed by atoms with Crippen molar-refractivity contribution in [1.82, 2.24) is 4.90 Å². The number of amides is 1. The summed E-state index contributed by atoms with van der Waals surface area (Å²) in [6.07, 6.45) is -0.916. The smallest absolute Gasteiger partial charge is 0.410 e. The third kappa shape index (κ3) is 10.7. The molecule has 1 unspecified atom stereocenters. The summed E-state index contributed by atoms with van der Waals surface area (Å²) < 4.78 is 37.3. The second-order valence-corrected chi connectivity index (χ2v) is 15.0. The molecule has 0 saturated carbocycles. The number of aliphatic hydroxyl groups is 1. The topological polar surface area (TPSA) is 110 Å². The van der Waals surface area contributed by atoms with Crippen LogP contribution in [0.2, 0.25) is 5.02 Å². The van der Waals surface area contributed by atoms with E-state index in [2.05, 4.69) is 0 Å². The number of rotatable bonds is 10. The number of hydrogen-bond donors (Lipinski definition) is 1. The lowest BCUT2D eigenvalue weighted by atomic mass is 9.92. The van der Waals surface area contributed by atoms with Crippen molar-refractivity contribution >= 4 is 33.5 Å². The minimum absolute atomic E-state index is 0.0107. The number of nitrogens with zero attached hydrogens (tertiary/aromatic N) is 1. The fraction of sp³-hybridized carbons (Fsp3) is 0.394. The number of sulfone groups is 1. The van der Waals surface area contributed by atoms with Crippen LogP contribution < -0.4 is 4.74 Å². The maximum atomic E-state index is 13.2. The maximum absolute atomic E-state index is 13.2. The largest absolute Gasteiger partial charge is 0.444 e. The molecule has 0 spiro atoms. The van der Waals surface area contributed by atoms with Gasteiger partial charge in [0.05, 0.1) is 28.9 Å². The van der Waals surface area contributed by atoms with Crippen LogP contribution in [0, 0.1) is 5.41 Å². The Hall–Kier alpha value is -3.40. The highest BCUT2D eigenvalue weighted by atomic mass is 35.5. The van der Waals surface area contributed by atoms with E-state index in [0.717, 1.165) is 5.56 Å². The summed E-state index contributed by atoms with van der Waals surface area (Å²) in [5, 5.41) is 11.3. The van der Waals surface area contributed by atoms with Gasteiger partial charge >= 0.3 is 12.1 Å². The molecule has 232 valence electrons. The van der Waals surface area contributed by atoms with E-state index in [1.165, 1.54) is 41.3 Å². The summed E-state index contributed by atoms with van der Waals surface area (Å²) in [5.74, 6) is -0.110. The molecule has 43 heavy (non-hydrogen) atoms. The normalized spacial score (nSPS) is 12.8. The molecule has 1 amide bonds. The molecule has 0 aliphatic heterocycles. The number of carbonyl (C=O) groups is 2. The average Bonchev–Trinajstić information content (AvgIpc) is 2.89. The fourth-order valence-electron chi connectivity index (χ4n) is 4.13. The molecule has 0 radical (unpaired) electrons. The Morgan fingerprint density at radius 3 is 2.02 bits per heavy atom. The van der Waals surface area contributed by atoms with Crippen molar-refractivity contribution in [2.24, 2.45) is 5.41 Å². The van der Waals surface area contributed by atoms with E-state index in [4.69, 9.17) is 21.1 Å². The minimum atomic E-state index is -3.81. The third-order valence-electron chi connectivity index (χ3n) is 6.22. The van der Waals surface area contributed by atoms with Crippen molar-refractivity contribution in [3.05, 3.63) is 88.9 Å². The Bertz CT molecular complexity index is 1510. The highest BCUT2D eigenvalue weighted by Crippen LogP contribution is 2.26. The van der Waals surface area contributed by atoms with Crippen LogP contribution >= 0.6 is 11.6 Å². The standard InChI is InChI=1S/C33H40ClNO7S/c1-32(2,3)21-30(37)41-26-12-16-28(17-13-26)43(39,40)27-14-10-23(11-15-27)18-19-35(31(38)42-33(4,5)6)22-29(36)24-8-7-9-25(34)20-24/h7-17,20,29,36H,18-19,21-22H2,1-6H3. The Morgan fingerprint density at radius 1 is 0.907 bits per heavy atom. The van der Waals surface area contributed by atoms with Gasteiger partial charge in [-0.25, -0.2) is 13.2 Å². The molecular weight excluding hydrogens is 590 g/mol. The first-order chi connectivity index (χ1) is 19.9. The van der Waals surface area contributed by atoms with E-state index in [0.29, 0.717) is 17.0 Å². The molecule has 0 fully saturated rings.